The molecule has 2 aliphatic rings. The lowest BCUT2D eigenvalue weighted by Crippen LogP contribution is -2.36. The molecule has 1 aliphatic heterocycles. The van der Waals surface area contributed by atoms with Crippen LogP contribution in [-0.4, -0.2) is 11.9 Å². The number of nitrogens with one attached hydrogen (secondary N) is 1. The molecule has 0 saturated carbocycles. The number of rotatable bonds is 8. The fraction of sp³-hybridized carbons (Fsp3) is 0.0159. The first kappa shape index (κ1) is 39.0. The largest absolute Gasteiger partial charge is 0.310 e. The summed E-state index contributed by atoms with van der Waals surface area (Å²) in [5, 5.41) is 11.6. The zero-order valence-electron chi connectivity index (χ0n) is 36.1. The van der Waals surface area contributed by atoms with E-state index in [2.05, 4.69) is 211 Å². The van der Waals surface area contributed by atoms with Crippen molar-refractivity contribution in [1.82, 2.24) is 0 Å². The van der Waals surface area contributed by atoms with Crippen molar-refractivity contribution in [2.75, 3.05) is 4.90 Å². The van der Waals surface area contributed by atoms with E-state index in [1.165, 1.54) is 61.1 Å². The van der Waals surface area contributed by atoms with Crippen LogP contribution < -0.4 is 4.90 Å². The van der Waals surface area contributed by atoms with Gasteiger partial charge in [0.2, 0.25) is 0 Å². The van der Waals surface area contributed by atoms with Crippen LogP contribution in [0.2, 0.25) is 0 Å². The van der Waals surface area contributed by atoms with E-state index in [0.29, 0.717) is 5.71 Å². The fourth-order valence-electron chi connectivity index (χ4n) is 10.4. The second kappa shape index (κ2) is 16.2. The van der Waals surface area contributed by atoms with Crippen molar-refractivity contribution < 1.29 is 0 Å². The molecular weight excluding hydrogens is 799 g/mol. The summed E-state index contributed by atoms with van der Waals surface area (Å²) in [4.78, 5) is 7.49. The van der Waals surface area contributed by atoms with Gasteiger partial charge in [0.25, 0.3) is 0 Å². The van der Waals surface area contributed by atoms with Gasteiger partial charge in [0.1, 0.15) is 0 Å². The van der Waals surface area contributed by atoms with Gasteiger partial charge in [-0.3, -0.25) is 4.99 Å². The molecule has 10 aromatic rings. The SMILES string of the molecule is N=C(/C=C(\N=Cc1ccc(-c2ccccc2)cc1)c1ccc(-c2ccc3c(c2)C2(c4ccccc4N(c4ccccc4)c4ccccc42)c2c-3ccc3ccccc23)cc1)c1ccccc1. The van der Waals surface area contributed by atoms with Crippen molar-refractivity contribution in [2.24, 2.45) is 4.99 Å². The molecule has 0 unspecified atom stereocenters. The Kier molecular flexibility index (Phi) is 9.54. The summed E-state index contributed by atoms with van der Waals surface area (Å²) in [6.45, 7) is 0. The molecule has 12 rings (SSSR count). The molecule has 0 bridgehead atoms. The van der Waals surface area contributed by atoms with Gasteiger partial charge in [-0.05, 0) is 114 Å². The van der Waals surface area contributed by atoms with E-state index in [0.717, 1.165) is 44.8 Å². The molecule has 0 atom stereocenters. The number of anilines is 3. The lowest BCUT2D eigenvalue weighted by molar-refractivity contribution is 0.759. The molecule has 0 aromatic heterocycles. The Morgan fingerprint density at radius 3 is 1.70 bits per heavy atom. The topological polar surface area (TPSA) is 39.5 Å². The molecule has 0 radical (unpaired) electrons. The van der Waals surface area contributed by atoms with Gasteiger partial charge in [-0.2, -0.15) is 0 Å². The predicted molar refractivity (Wildman–Crippen MR) is 276 cm³/mol. The van der Waals surface area contributed by atoms with E-state index in [4.69, 9.17) is 10.4 Å². The molecule has 3 heteroatoms. The highest BCUT2D eigenvalue weighted by Gasteiger charge is 2.52. The van der Waals surface area contributed by atoms with Crippen molar-refractivity contribution >= 4 is 45.5 Å². The number of hydrogen-bond donors (Lipinski definition) is 1. The Morgan fingerprint density at radius 1 is 0.439 bits per heavy atom. The molecule has 10 aromatic carbocycles. The molecule has 1 N–H and O–H groups in total. The van der Waals surface area contributed by atoms with Crippen molar-refractivity contribution in [2.45, 2.75) is 5.41 Å². The maximum Gasteiger partial charge on any atom is 0.0760 e. The number of fused-ring (bicyclic) bond motifs is 11. The summed E-state index contributed by atoms with van der Waals surface area (Å²) < 4.78 is 0. The monoisotopic (exact) mass is 841 g/mol. The zero-order chi connectivity index (χ0) is 44.0. The minimum Gasteiger partial charge on any atom is -0.310 e. The maximum atomic E-state index is 9.08. The first-order chi connectivity index (χ1) is 32.6. The fourth-order valence-corrected chi connectivity index (χ4v) is 10.4. The predicted octanol–water partition coefficient (Wildman–Crippen LogP) is 15.8. The van der Waals surface area contributed by atoms with Crippen LogP contribution in [0.5, 0.6) is 0 Å². The van der Waals surface area contributed by atoms with Crippen LogP contribution >= 0.6 is 0 Å². The Morgan fingerprint density at radius 2 is 0.985 bits per heavy atom. The van der Waals surface area contributed by atoms with Crippen molar-refractivity contribution in [3.8, 4) is 33.4 Å². The summed E-state index contributed by atoms with van der Waals surface area (Å²) in [6.07, 6.45) is 3.77. The Balaban J connectivity index is 0.987. The van der Waals surface area contributed by atoms with Crippen molar-refractivity contribution in [1.29, 1.82) is 5.41 Å². The highest BCUT2D eigenvalue weighted by Crippen LogP contribution is 2.64. The van der Waals surface area contributed by atoms with Crippen molar-refractivity contribution in [3.05, 3.63) is 288 Å². The van der Waals surface area contributed by atoms with Crippen LogP contribution in [-0.2, 0) is 5.41 Å². The normalized spacial score (nSPS) is 13.3. The number of allylic oxidation sites excluding steroid dienone is 1. The van der Waals surface area contributed by atoms with E-state index < -0.39 is 5.41 Å². The molecule has 3 nitrogen and oxygen atoms in total. The summed E-state index contributed by atoms with van der Waals surface area (Å²) in [5.74, 6) is 0. The van der Waals surface area contributed by atoms with Gasteiger partial charge < -0.3 is 10.3 Å². The second-order valence-electron chi connectivity index (χ2n) is 17.1. The molecule has 1 spiro atoms. The number of hydrogen-bond acceptors (Lipinski definition) is 3. The summed E-state index contributed by atoms with van der Waals surface area (Å²) in [7, 11) is 0. The minimum absolute atomic E-state index is 0.404. The van der Waals surface area contributed by atoms with Gasteiger partial charge in [-0.1, -0.05) is 212 Å². The van der Waals surface area contributed by atoms with Crippen LogP contribution in [0.25, 0.3) is 49.9 Å². The molecule has 1 heterocycles. The third-order valence-corrected chi connectivity index (χ3v) is 13.4. The van der Waals surface area contributed by atoms with E-state index >= 15 is 0 Å². The molecule has 310 valence electrons. The lowest BCUT2D eigenvalue weighted by atomic mass is 9.63. The van der Waals surface area contributed by atoms with Gasteiger partial charge in [0.15, 0.2) is 0 Å². The first-order valence-electron chi connectivity index (χ1n) is 22.5. The number of aliphatic imine (C=N–C) groups is 1. The van der Waals surface area contributed by atoms with E-state index in [1.807, 2.05) is 48.7 Å². The highest BCUT2D eigenvalue weighted by molar-refractivity contribution is 6.11. The standard InChI is InChI=1S/C63H43N3/c64-58(48-19-6-2-7-20-48)41-59(65-42-43-28-30-45(31-29-43)44-16-4-1-5-17-44)49-34-32-46(33-35-49)50-37-38-53-54-39-36-47-18-10-11-23-52(47)62(54)63(57(53)40-50)55-24-12-14-26-60(55)66(51-21-8-3-9-22-51)61-27-15-13-25-56(61)63/h1-42,64H/b59-41-,64-58?,65-42?. The quantitative estimate of drug-likeness (QED) is 0.152. The Labute approximate surface area is 385 Å². The average molecular weight is 842 g/mol. The minimum atomic E-state index is -0.596. The lowest BCUT2D eigenvalue weighted by Gasteiger charge is -2.45. The van der Waals surface area contributed by atoms with Crippen LogP contribution in [0, 0.1) is 5.41 Å². The molecule has 66 heavy (non-hydrogen) atoms. The first-order valence-corrected chi connectivity index (χ1v) is 22.5. The zero-order valence-corrected chi connectivity index (χ0v) is 36.1. The van der Waals surface area contributed by atoms with Gasteiger partial charge in [0.05, 0.1) is 28.2 Å². The summed E-state index contributed by atoms with van der Waals surface area (Å²) >= 11 is 0. The molecular formula is C63H43N3. The third kappa shape index (κ3) is 6.44. The second-order valence-corrected chi connectivity index (χ2v) is 17.1. The number of nitrogens with zero attached hydrogens (tertiary/aromatic N) is 2. The molecule has 0 fully saturated rings. The average Bonchev–Trinajstić information content (AvgIpc) is 3.69. The maximum absolute atomic E-state index is 9.08. The van der Waals surface area contributed by atoms with Gasteiger partial charge >= 0.3 is 0 Å². The van der Waals surface area contributed by atoms with Crippen LogP contribution in [0.4, 0.5) is 17.1 Å². The Bertz CT molecular complexity index is 3470. The van der Waals surface area contributed by atoms with Crippen LogP contribution in [0.1, 0.15) is 38.9 Å². The van der Waals surface area contributed by atoms with Crippen LogP contribution in [0.15, 0.2) is 254 Å². The van der Waals surface area contributed by atoms with E-state index in [-0.39, 0.29) is 0 Å². The summed E-state index contributed by atoms with van der Waals surface area (Å²) in [5.41, 5.74) is 19.0. The van der Waals surface area contributed by atoms with Gasteiger partial charge in [-0.15, -0.1) is 0 Å². The van der Waals surface area contributed by atoms with E-state index in [1.54, 1.807) is 0 Å². The molecule has 0 saturated heterocycles. The third-order valence-electron chi connectivity index (χ3n) is 13.4. The number of benzene rings is 10. The van der Waals surface area contributed by atoms with E-state index in [9.17, 15) is 0 Å². The van der Waals surface area contributed by atoms with Gasteiger partial charge in [-0.25, -0.2) is 0 Å². The number of para-hydroxylation sites is 3. The van der Waals surface area contributed by atoms with Crippen molar-refractivity contribution in [3.63, 3.8) is 0 Å². The van der Waals surface area contributed by atoms with Crippen LogP contribution in [0.3, 0.4) is 0 Å². The highest BCUT2D eigenvalue weighted by atomic mass is 15.2. The molecule has 0 amide bonds. The molecule has 1 aliphatic carbocycles. The summed E-state index contributed by atoms with van der Waals surface area (Å²) in [6, 6.07) is 86.7. The Hall–Kier alpha value is -8.66. The smallest absolute Gasteiger partial charge is 0.0760 e. The van der Waals surface area contributed by atoms with Gasteiger partial charge in [0, 0.05) is 17.5 Å².